The Bertz CT molecular complexity index is 552. The van der Waals surface area contributed by atoms with E-state index in [1.807, 2.05) is 31.6 Å². The Morgan fingerprint density at radius 3 is 2.47 bits per heavy atom. The Kier molecular flexibility index (Phi) is 4.00. The van der Waals surface area contributed by atoms with Gasteiger partial charge in [-0.15, -0.1) is 0 Å². The molecule has 0 saturated heterocycles. The van der Waals surface area contributed by atoms with Gasteiger partial charge in [0.05, 0.1) is 6.20 Å². The van der Waals surface area contributed by atoms with Crippen molar-refractivity contribution in [1.29, 1.82) is 0 Å². The van der Waals surface area contributed by atoms with Crippen LogP contribution in [0.25, 0.3) is 0 Å². The zero-order valence-corrected chi connectivity index (χ0v) is 11.9. The van der Waals surface area contributed by atoms with Crippen molar-refractivity contribution < 1.29 is 4.39 Å². The summed E-state index contributed by atoms with van der Waals surface area (Å²) in [6, 6.07) is 4.01. The molecular weight excluding hydrogens is 241 g/mol. The third-order valence-electron chi connectivity index (χ3n) is 3.33. The van der Waals surface area contributed by atoms with Crippen LogP contribution in [0.3, 0.4) is 0 Å². The van der Waals surface area contributed by atoms with Crippen LogP contribution in [0.4, 0.5) is 4.39 Å². The Balaban J connectivity index is 2.03. The van der Waals surface area contributed by atoms with Gasteiger partial charge >= 0.3 is 0 Å². The Hall–Kier alpha value is -1.68. The molecule has 0 fully saturated rings. The molecule has 1 atom stereocenters. The average molecular weight is 261 g/mol. The topological polar surface area (TPSA) is 29.9 Å². The molecule has 0 saturated carbocycles. The second-order valence-electron chi connectivity index (χ2n) is 5.09. The Labute approximate surface area is 113 Å². The van der Waals surface area contributed by atoms with Crippen molar-refractivity contribution in [1.82, 2.24) is 15.1 Å². The minimum absolute atomic E-state index is 0.107. The van der Waals surface area contributed by atoms with Crippen LogP contribution in [-0.4, -0.2) is 9.78 Å². The SMILES string of the molecule is Cc1cc(CNC(C)c2cnn(C)c2)cc(C)c1F. The third kappa shape index (κ3) is 3.20. The molecule has 4 heteroatoms. The summed E-state index contributed by atoms with van der Waals surface area (Å²) in [6.07, 6.45) is 3.86. The molecule has 2 aromatic rings. The van der Waals surface area contributed by atoms with Crippen molar-refractivity contribution >= 4 is 0 Å². The number of nitrogens with one attached hydrogen (secondary N) is 1. The van der Waals surface area contributed by atoms with Gasteiger partial charge in [0.25, 0.3) is 0 Å². The van der Waals surface area contributed by atoms with E-state index < -0.39 is 0 Å². The van der Waals surface area contributed by atoms with Gasteiger partial charge in [-0.2, -0.15) is 5.10 Å². The summed E-state index contributed by atoms with van der Waals surface area (Å²) in [5, 5.41) is 7.59. The first kappa shape index (κ1) is 13.7. The van der Waals surface area contributed by atoms with Crippen molar-refractivity contribution in [2.45, 2.75) is 33.4 Å². The molecule has 0 amide bonds. The third-order valence-corrected chi connectivity index (χ3v) is 3.33. The van der Waals surface area contributed by atoms with Crippen molar-refractivity contribution in [3.8, 4) is 0 Å². The van der Waals surface area contributed by atoms with E-state index in [1.165, 1.54) is 0 Å². The van der Waals surface area contributed by atoms with Crippen LogP contribution < -0.4 is 5.32 Å². The van der Waals surface area contributed by atoms with E-state index in [-0.39, 0.29) is 11.9 Å². The lowest BCUT2D eigenvalue weighted by atomic mass is 10.1. The standard InChI is InChI=1S/C15H20FN3/c1-10-5-13(6-11(2)15(10)16)7-17-12(3)14-8-18-19(4)9-14/h5-6,8-9,12,17H,7H2,1-4H3. The molecule has 19 heavy (non-hydrogen) atoms. The van der Waals surface area contributed by atoms with Crippen LogP contribution in [-0.2, 0) is 13.6 Å². The first-order valence-electron chi connectivity index (χ1n) is 6.45. The molecule has 2 rings (SSSR count). The van der Waals surface area contributed by atoms with E-state index in [1.54, 1.807) is 18.5 Å². The van der Waals surface area contributed by atoms with Crippen molar-refractivity contribution in [2.75, 3.05) is 0 Å². The number of halogens is 1. The van der Waals surface area contributed by atoms with E-state index in [0.29, 0.717) is 11.1 Å². The normalized spacial score (nSPS) is 12.7. The first-order chi connectivity index (χ1) is 8.97. The zero-order chi connectivity index (χ0) is 14.0. The van der Waals surface area contributed by atoms with Crippen LogP contribution >= 0.6 is 0 Å². The largest absolute Gasteiger partial charge is 0.306 e. The number of hydrogen-bond acceptors (Lipinski definition) is 2. The van der Waals surface area contributed by atoms with Crippen molar-refractivity contribution in [3.63, 3.8) is 0 Å². The van der Waals surface area contributed by atoms with Crippen LogP contribution in [0.15, 0.2) is 24.5 Å². The molecule has 0 radical (unpaired) electrons. The zero-order valence-electron chi connectivity index (χ0n) is 11.9. The molecule has 102 valence electrons. The van der Waals surface area contributed by atoms with Gasteiger partial charge in [0.15, 0.2) is 0 Å². The monoisotopic (exact) mass is 261 g/mol. The maximum atomic E-state index is 13.5. The van der Waals surface area contributed by atoms with Crippen molar-refractivity contribution in [3.05, 3.63) is 52.6 Å². The quantitative estimate of drug-likeness (QED) is 0.916. The molecule has 1 aromatic heterocycles. The summed E-state index contributed by atoms with van der Waals surface area (Å²) in [5.41, 5.74) is 3.65. The molecule has 1 N–H and O–H groups in total. The molecule has 1 aromatic carbocycles. The highest BCUT2D eigenvalue weighted by Gasteiger charge is 2.08. The molecule has 0 aliphatic heterocycles. The average Bonchev–Trinajstić information content (AvgIpc) is 2.79. The molecule has 1 heterocycles. The van der Waals surface area contributed by atoms with E-state index in [0.717, 1.165) is 17.7 Å². The first-order valence-corrected chi connectivity index (χ1v) is 6.45. The van der Waals surface area contributed by atoms with Gasteiger partial charge in [-0.05, 0) is 37.5 Å². The Morgan fingerprint density at radius 1 is 1.32 bits per heavy atom. The van der Waals surface area contributed by atoms with E-state index >= 15 is 0 Å². The van der Waals surface area contributed by atoms with Gasteiger partial charge in [0, 0.05) is 31.4 Å². The second kappa shape index (κ2) is 5.53. The number of benzene rings is 1. The van der Waals surface area contributed by atoms with Gasteiger partial charge in [-0.1, -0.05) is 12.1 Å². The van der Waals surface area contributed by atoms with Gasteiger partial charge in [0.1, 0.15) is 5.82 Å². The highest BCUT2D eigenvalue weighted by molar-refractivity contribution is 5.30. The number of hydrogen-bond donors (Lipinski definition) is 1. The number of aryl methyl sites for hydroxylation is 3. The number of rotatable bonds is 4. The molecule has 0 aliphatic carbocycles. The van der Waals surface area contributed by atoms with Gasteiger partial charge in [0.2, 0.25) is 0 Å². The predicted octanol–water partition coefficient (Wildman–Crippen LogP) is 3.03. The van der Waals surface area contributed by atoms with Crippen LogP contribution in [0.2, 0.25) is 0 Å². The molecule has 0 aliphatic rings. The molecule has 0 bridgehead atoms. The van der Waals surface area contributed by atoms with Crippen LogP contribution in [0.1, 0.15) is 35.2 Å². The predicted molar refractivity (Wildman–Crippen MR) is 74.3 cm³/mol. The fourth-order valence-corrected chi connectivity index (χ4v) is 2.19. The summed E-state index contributed by atoms with van der Waals surface area (Å²) in [4.78, 5) is 0. The van der Waals surface area contributed by atoms with E-state index in [4.69, 9.17) is 0 Å². The van der Waals surface area contributed by atoms with Gasteiger partial charge < -0.3 is 5.32 Å². The van der Waals surface area contributed by atoms with Gasteiger partial charge in [-0.25, -0.2) is 4.39 Å². The number of nitrogens with zero attached hydrogens (tertiary/aromatic N) is 2. The summed E-state index contributed by atoms with van der Waals surface area (Å²) < 4.78 is 15.3. The summed E-state index contributed by atoms with van der Waals surface area (Å²) in [5.74, 6) is -0.107. The lowest BCUT2D eigenvalue weighted by Crippen LogP contribution is -2.18. The van der Waals surface area contributed by atoms with Crippen LogP contribution in [0, 0.1) is 19.7 Å². The van der Waals surface area contributed by atoms with Crippen LogP contribution in [0.5, 0.6) is 0 Å². The highest BCUT2D eigenvalue weighted by atomic mass is 19.1. The maximum absolute atomic E-state index is 13.5. The maximum Gasteiger partial charge on any atom is 0.129 e. The van der Waals surface area contributed by atoms with Crippen molar-refractivity contribution in [2.24, 2.45) is 7.05 Å². The summed E-state index contributed by atoms with van der Waals surface area (Å²) in [7, 11) is 1.91. The number of aromatic nitrogens is 2. The fraction of sp³-hybridized carbons (Fsp3) is 0.400. The Morgan fingerprint density at radius 2 is 1.95 bits per heavy atom. The highest BCUT2D eigenvalue weighted by Crippen LogP contribution is 2.16. The fourth-order valence-electron chi connectivity index (χ4n) is 2.19. The summed E-state index contributed by atoms with van der Waals surface area (Å²) >= 11 is 0. The molecule has 0 spiro atoms. The molecule has 1 unspecified atom stereocenters. The van der Waals surface area contributed by atoms with E-state index in [9.17, 15) is 4.39 Å². The second-order valence-corrected chi connectivity index (χ2v) is 5.09. The molecule has 3 nitrogen and oxygen atoms in total. The van der Waals surface area contributed by atoms with E-state index in [2.05, 4.69) is 17.3 Å². The molecular formula is C15H20FN3. The minimum Gasteiger partial charge on any atom is -0.306 e. The minimum atomic E-state index is -0.107. The van der Waals surface area contributed by atoms with Gasteiger partial charge in [-0.3, -0.25) is 4.68 Å². The summed E-state index contributed by atoms with van der Waals surface area (Å²) in [6.45, 7) is 6.42. The lowest BCUT2D eigenvalue weighted by molar-refractivity contribution is 0.570. The lowest BCUT2D eigenvalue weighted by Gasteiger charge is -2.13. The smallest absolute Gasteiger partial charge is 0.129 e.